The van der Waals surface area contributed by atoms with Gasteiger partial charge in [0.2, 0.25) is 0 Å². The van der Waals surface area contributed by atoms with Crippen LogP contribution in [0.5, 0.6) is 0 Å². The summed E-state index contributed by atoms with van der Waals surface area (Å²) in [4.78, 5) is 0. The Morgan fingerprint density at radius 3 is 2.06 bits per heavy atom. The summed E-state index contributed by atoms with van der Waals surface area (Å²) in [5, 5.41) is 3.92. The first-order valence-corrected chi connectivity index (χ1v) is 7.41. The van der Waals surface area contributed by atoms with Crippen molar-refractivity contribution in [2.45, 2.75) is 77.8 Å². The van der Waals surface area contributed by atoms with Gasteiger partial charge in [-0.15, -0.1) is 0 Å². The molecule has 0 heterocycles. The van der Waals surface area contributed by atoms with Gasteiger partial charge in [-0.1, -0.05) is 26.7 Å². The zero-order chi connectivity index (χ0) is 11.5. The van der Waals surface area contributed by atoms with Crippen molar-refractivity contribution in [1.29, 1.82) is 0 Å². The summed E-state index contributed by atoms with van der Waals surface area (Å²) in [6.07, 6.45) is 10.1. The molecule has 0 radical (unpaired) electrons. The standard InChI is InChI=1S/C15H29N/c1-11-8-12(2)10-15(9-11)16-13(3)14-6-4-5-7-14/h11-16H,4-10H2,1-3H3/t11?,12?,13-,15?/m1/s1. The maximum absolute atomic E-state index is 3.92. The average molecular weight is 223 g/mol. The van der Waals surface area contributed by atoms with Gasteiger partial charge in [-0.05, 0) is 56.8 Å². The van der Waals surface area contributed by atoms with Crippen molar-refractivity contribution >= 4 is 0 Å². The van der Waals surface area contributed by atoms with Crippen LogP contribution in [0.15, 0.2) is 0 Å². The molecule has 2 rings (SSSR count). The molecule has 0 aromatic carbocycles. The highest BCUT2D eigenvalue weighted by atomic mass is 15.0. The van der Waals surface area contributed by atoms with Gasteiger partial charge < -0.3 is 5.32 Å². The molecule has 2 unspecified atom stereocenters. The topological polar surface area (TPSA) is 12.0 Å². The van der Waals surface area contributed by atoms with E-state index in [-0.39, 0.29) is 0 Å². The second-order valence-corrected chi connectivity index (χ2v) is 6.61. The molecule has 3 atom stereocenters. The monoisotopic (exact) mass is 223 g/mol. The zero-order valence-corrected chi connectivity index (χ0v) is 11.3. The summed E-state index contributed by atoms with van der Waals surface area (Å²) in [6, 6.07) is 1.55. The van der Waals surface area contributed by atoms with Crippen molar-refractivity contribution in [2.24, 2.45) is 17.8 Å². The van der Waals surface area contributed by atoms with Crippen LogP contribution >= 0.6 is 0 Å². The van der Waals surface area contributed by atoms with Crippen molar-refractivity contribution < 1.29 is 0 Å². The molecule has 1 heteroatoms. The van der Waals surface area contributed by atoms with Crippen LogP contribution in [0.2, 0.25) is 0 Å². The first kappa shape index (κ1) is 12.4. The first-order chi connectivity index (χ1) is 7.65. The third-order valence-electron chi connectivity index (χ3n) is 4.78. The van der Waals surface area contributed by atoms with Gasteiger partial charge in [0.25, 0.3) is 0 Å². The highest BCUT2D eigenvalue weighted by molar-refractivity contribution is 4.85. The van der Waals surface area contributed by atoms with Gasteiger partial charge in [0.05, 0.1) is 0 Å². The summed E-state index contributed by atoms with van der Waals surface area (Å²) < 4.78 is 0. The van der Waals surface area contributed by atoms with E-state index in [2.05, 4.69) is 26.1 Å². The zero-order valence-electron chi connectivity index (χ0n) is 11.3. The lowest BCUT2D eigenvalue weighted by molar-refractivity contribution is 0.212. The largest absolute Gasteiger partial charge is 0.311 e. The minimum Gasteiger partial charge on any atom is -0.311 e. The summed E-state index contributed by atoms with van der Waals surface area (Å²) >= 11 is 0. The Morgan fingerprint density at radius 1 is 0.938 bits per heavy atom. The summed E-state index contributed by atoms with van der Waals surface area (Å²) in [7, 11) is 0. The molecule has 0 aliphatic heterocycles. The molecule has 2 aliphatic carbocycles. The molecule has 0 aromatic rings. The SMILES string of the molecule is CC1CC(C)CC(N[C@H](C)C2CCCC2)C1. The van der Waals surface area contributed by atoms with Crippen molar-refractivity contribution in [3.63, 3.8) is 0 Å². The van der Waals surface area contributed by atoms with Crippen LogP contribution < -0.4 is 5.32 Å². The molecule has 16 heavy (non-hydrogen) atoms. The van der Waals surface area contributed by atoms with Gasteiger partial charge in [-0.3, -0.25) is 0 Å². The summed E-state index contributed by atoms with van der Waals surface area (Å²) in [6.45, 7) is 7.26. The van der Waals surface area contributed by atoms with Gasteiger partial charge in [0.1, 0.15) is 0 Å². The van der Waals surface area contributed by atoms with Gasteiger partial charge in [0, 0.05) is 12.1 Å². The second-order valence-electron chi connectivity index (χ2n) is 6.61. The molecule has 1 nitrogen and oxygen atoms in total. The van der Waals surface area contributed by atoms with Crippen LogP contribution in [0.4, 0.5) is 0 Å². The minimum absolute atomic E-state index is 0.755. The van der Waals surface area contributed by atoms with Gasteiger partial charge in [0.15, 0.2) is 0 Å². The van der Waals surface area contributed by atoms with Gasteiger partial charge >= 0.3 is 0 Å². The number of nitrogens with one attached hydrogen (secondary N) is 1. The fourth-order valence-electron chi connectivity index (χ4n) is 4.05. The second kappa shape index (κ2) is 5.53. The summed E-state index contributed by atoms with van der Waals surface area (Å²) in [5.41, 5.74) is 0. The van der Waals surface area contributed by atoms with Crippen LogP contribution in [0.3, 0.4) is 0 Å². The molecule has 2 saturated carbocycles. The van der Waals surface area contributed by atoms with Crippen molar-refractivity contribution in [1.82, 2.24) is 5.32 Å². The van der Waals surface area contributed by atoms with Crippen molar-refractivity contribution in [2.75, 3.05) is 0 Å². The fraction of sp³-hybridized carbons (Fsp3) is 1.00. The van der Waals surface area contributed by atoms with Crippen LogP contribution in [0.25, 0.3) is 0 Å². The molecule has 0 bridgehead atoms. The number of rotatable bonds is 3. The Bertz CT molecular complexity index is 197. The Kier molecular flexibility index (Phi) is 4.29. The molecule has 1 N–H and O–H groups in total. The van der Waals surface area contributed by atoms with E-state index in [9.17, 15) is 0 Å². The van der Waals surface area contributed by atoms with E-state index in [1.54, 1.807) is 0 Å². The predicted molar refractivity (Wildman–Crippen MR) is 70.5 cm³/mol. The normalized spacial score (nSPS) is 38.8. The third-order valence-corrected chi connectivity index (χ3v) is 4.78. The summed E-state index contributed by atoms with van der Waals surface area (Å²) in [5.74, 6) is 2.82. The highest BCUT2D eigenvalue weighted by Gasteiger charge is 2.28. The predicted octanol–water partition coefficient (Wildman–Crippen LogP) is 3.98. The van der Waals surface area contributed by atoms with E-state index in [1.807, 2.05) is 0 Å². The molecular weight excluding hydrogens is 194 g/mol. The molecular formula is C15H29N. The average Bonchev–Trinajstić information content (AvgIpc) is 2.68. The Balaban J connectivity index is 1.79. The lowest BCUT2D eigenvalue weighted by Crippen LogP contribution is -2.43. The van der Waals surface area contributed by atoms with Crippen LogP contribution in [-0.4, -0.2) is 12.1 Å². The van der Waals surface area contributed by atoms with E-state index >= 15 is 0 Å². The molecule has 0 amide bonds. The Labute approximate surface area is 101 Å². The molecule has 0 aromatic heterocycles. The molecule has 2 aliphatic rings. The Morgan fingerprint density at radius 2 is 1.50 bits per heavy atom. The van der Waals surface area contributed by atoms with E-state index < -0.39 is 0 Å². The smallest absolute Gasteiger partial charge is 0.00747 e. The van der Waals surface area contributed by atoms with Crippen molar-refractivity contribution in [3.8, 4) is 0 Å². The molecule has 94 valence electrons. The van der Waals surface area contributed by atoms with Crippen LogP contribution in [0.1, 0.15) is 65.7 Å². The first-order valence-electron chi connectivity index (χ1n) is 7.41. The fourth-order valence-corrected chi connectivity index (χ4v) is 4.05. The lowest BCUT2D eigenvalue weighted by atomic mass is 9.80. The minimum atomic E-state index is 0.755. The number of hydrogen-bond donors (Lipinski definition) is 1. The third kappa shape index (κ3) is 3.23. The molecule has 0 saturated heterocycles. The van der Waals surface area contributed by atoms with E-state index in [1.165, 1.54) is 44.9 Å². The maximum Gasteiger partial charge on any atom is 0.00747 e. The molecule has 0 spiro atoms. The van der Waals surface area contributed by atoms with E-state index in [0.29, 0.717) is 0 Å². The van der Waals surface area contributed by atoms with E-state index in [4.69, 9.17) is 0 Å². The quantitative estimate of drug-likeness (QED) is 0.763. The van der Waals surface area contributed by atoms with E-state index in [0.717, 1.165) is 29.8 Å². The van der Waals surface area contributed by atoms with Gasteiger partial charge in [-0.25, -0.2) is 0 Å². The Hall–Kier alpha value is -0.0400. The molecule has 2 fully saturated rings. The lowest BCUT2D eigenvalue weighted by Gasteiger charge is -2.35. The highest BCUT2D eigenvalue weighted by Crippen LogP contribution is 2.31. The maximum atomic E-state index is 3.92. The van der Waals surface area contributed by atoms with Crippen LogP contribution in [-0.2, 0) is 0 Å². The van der Waals surface area contributed by atoms with Crippen LogP contribution in [0, 0.1) is 17.8 Å². The number of hydrogen-bond acceptors (Lipinski definition) is 1. The van der Waals surface area contributed by atoms with Gasteiger partial charge in [-0.2, -0.15) is 0 Å². The van der Waals surface area contributed by atoms with Crippen molar-refractivity contribution in [3.05, 3.63) is 0 Å².